The largest absolute Gasteiger partial charge is 0.490 e. The number of carbonyl (C=O) groups excluding carboxylic acids is 1. The number of benzene rings is 2. The zero-order valence-electron chi connectivity index (χ0n) is 19.9. The number of carbonyl (C=O) groups is 1. The fourth-order valence-electron chi connectivity index (χ4n) is 3.84. The summed E-state index contributed by atoms with van der Waals surface area (Å²) in [5.41, 5.74) is 1.63. The van der Waals surface area contributed by atoms with Gasteiger partial charge in [0, 0.05) is 12.5 Å². The molecule has 0 bridgehead atoms. The fourth-order valence-corrected chi connectivity index (χ4v) is 3.84. The Kier molecular flexibility index (Phi) is 6.19. The summed E-state index contributed by atoms with van der Waals surface area (Å²) >= 11 is 0. The van der Waals surface area contributed by atoms with Gasteiger partial charge in [-0.25, -0.2) is 0 Å². The highest BCUT2D eigenvalue weighted by Gasteiger charge is 2.26. The lowest BCUT2D eigenvalue weighted by Crippen LogP contribution is -2.26. The molecule has 174 valence electrons. The predicted molar refractivity (Wildman–Crippen MR) is 127 cm³/mol. The second-order valence-corrected chi connectivity index (χ2v) is 9.42. The van der Waals surface area contributed by atoms with Crippen molar-refractivity contribution in [1.29, 1.82) is 0 Å². The van der Waals surface area contributed by atoms with Crippen molar-refractivity contribution in [2.24, 2.45) is 5.41 Å². The van der Waals surface area contributed by atoms with Crippen molar-refractivity contribution in [1.82, 2.24) is 0 Å². The molecule has 6 heteroatoms. The molecule has 2 heterocycles. The Balaban J connectivity index is 1.84. The van der Waals surface area contributed by atoms with Crippen LogP contribution in [0.25, 0.3) is 22.1 Å². The van der Waals surface area contributed by atoms with Crippen molar-refractivity contribution in [3.05, 3.63) is 51.9 Å². The van der Waals surface area contributed by atoms with Gasteiger partial charge in [-0.1, -0.05) is 19.4 Å². The van der Waals surface area contributed by atoms with Crippen LogP contribution in [0.1, 0.15) is 51.9 Å². The van der Waals surface area contributed by atoms with Gasteiger partial charge in [0.05, 0.1) is 29.6 Å². The van der Waals surface area contributed by atoms with E-state index in [0.717, 1.165) is 18.4 Å². The van der Waals surface area contributed by atoms with Crippen LogP contribution in [0.2, 0.25) is 0 Å². The first-order valence-corrected chi connectivity index (χ1v) is 11.4. The third-order valence-electron chi connectivity index (χ3n) is 5.62. The second kappa shape index (κ2) is 8.93. The number of hydrogen-bond acceptors (Lipinski definition) is 6. The fraction of sp³-hybridized carbons (Fsp3) is 0.407. The Labute approximate surface area is 193 Å². The molecule has 0 saturated heterocycles. The van der Waals surface area contributed by atoms with Crippen LogP contribution < -0.4 is 19.6 Å². The molecule has 1 aliphatic rings. The lowest BCUT2D eigenvalue weighted by molar-refractivity contribution is -0.143. The van der Waals surface area contributed by atoms with Crippen LogP contribution in [0, 0.1) is 12.3 Å². The Morgan fingerprint density at radius 2 is 1.79 bits per heavy atom. The minimum absolute atomic E-state index is 0.130. The Hall–Kier alpha value is -3.28. The maximum atomic E-state index is 13.6. The van der Waals surface area contributed by atoms with E-state index in [0.29, 0.717) is 64.7 Å². The molecule has 33 heavy (non-hydrogen) atoms. The highest BCUT2D eigenvalue weighted by Crippen LogP contribution is 2.36. The van der Waals surface area contributed by atoms with Crippen LogP contribution in [-0.4, -0.2) is 19.2 Å². The monoisotopic (exact) mass is 450 g/mol. The van der Waals surface area contributed by atoms with E-state index in [1.807, 2.05) is 45.9 Å². The van der Waals surface area contributed by atoms with Gasteiger partial charge in [-0.2, -0.15) is 0 Å². The molecule has 0 atom stereocenters. The predicted octanol–water partition coefficient (Wildman–Crippen LogP) is 5.83. The lowest BCUT2D eigenvalue weighted by atomic mass is 9.97. The van der Waals surface area contributed by atoms with Gasteiger partial charge in [0.2, 0.25) is 5.43 Å². The maximum absolute atomic E-state index is 13.6. The van der Waals surface area contributed by atoms with Crippen LogP contribution in [0.15, 0.2) is 39.5 Å². The van der Waals surface area contributed by atoms with Gasteiger partial charge in [-0.3, -0.25) is 9.59 Å². The van der Waals surface area contributed by atoms with Crippen LogP contribution >= 0.6 is 0 Å². The summed E-state index contributed by atoms with van der Waals surface area (Å²) in [6.07, 6.45) is 2.33. The quantitative estimate of drug-likeness (QED) is 0.368. The molecule has 4 rings (SSSR count). The first-order valence-electron chi connectivity index (χ1n) is 11.4. The standard InChI is InChI=1S/C27H30O6/c1-6-8-17-13-19-22(15-21(17)33-26(29)27(3,4)5)32-16(2)24(25(19)28)18-9-10-20-23(14-18)31-12-7-11-30-20/h9-10,13-15H,6-8,11-12H2,1-5H3. The maximum Gasteiger partial charge on any atom is 0.316 e. The molecule has 0 spiro atoms. The normalized spacial score (nSPS) is 13.6. The molecule has 3 aromatic rings. The zero-order chi connectivity index (χ0) is 23.8. The minimum atomic E-state index is -0.643. The summed E-state index contributed by atoms with van der Waals surface area (Å²) < 4.78 is 23.3. The molecule has 0 N–H and O–H groups in total. The summed E-state index contributed by atoms with van der Waals surface area (Å²) in [5, 5.41) is 0.460. The van der Waals surface area contributed by atoms with Crippen LogP contribution in [0.4, 0.5) is 0 Å². The Morgan fingerprint density at radius 3 is 2.48 bits per heavy atom. The van der Waals surface area contributed by atoms with E-state index in [9.17, 15) is 9.59 Å². The van der Waals surface area contributed by atoms with E-state index >= 15 is 0 Å². The smallest absolute Gasteiger partial charge is 0.316 e. The SMILES string of the molecule is CCCc1cc2c(=O)c(-c3ccc4c(c3)OCCCO4)c(C)oc2cc1OC(=O)C(C)(C)C. The van der Waals surface area contributed by atoms with Gasteiger partial charge >= 0.3 is 5.97 Å². The summed E-state index contributed by atoms with van der Waals surface area (Å²) in [6.45, 7) is 10.4. The van der Waals surface area contributed by atoms with Crippen LogP contribution in [-0.2, 0) is 11.2 Å². The van der Waals surface area contributed by atoms with E-state index < -0.39 is 5.41 Å². The van der Waals surface area contributed by atoms with Crippen molar-refractivity contribution < 1.29 is 23.4 Å². The van der Waals surface area contributed by atoms with Crippen molar-refractivity contribution in [2.45, 2.75) is 53.9 Å². The van der Waals surface area contributed by atoms with E-state index in [1.54, 1.807) is 19.1 Å². The number of hydrogen-bond donors (Lipinski definition) is 0. The molecule has 0 amide bonds. The number of fused-ring (bicyclic) bond motifs is 2. The number of esters is 1. The molecule has 0 unspecified atom stereocenters. The first kappa shape index (κ1) is 22.9. The van der Waals surface area contributed by atoms with Crippen molar-refractivity contribution >= 4 is 16.9 Å². The molecule has 6 nitrogen and oxygen atoms in total. The van der Waals surface area contributed by atoms with Crippen molar-refractivity contribution in [3.8, 4) is 28.4 Å². The highest BCUT2D eigenvalue weighted by molar-refractivity contribution is 5.86. The molecule has 1 aliphatic heterocycles. The minimum Gasteiger partial charge on any atom is -0.490 e. The first-order chi connectivity index (χ1) is 15.7. The van der Waals surface area contributed by atoms with Crippen molar-refractivity contribution in [2.75, 3.05) is 13.2 Å². The van der Waals surface area contributed by atoms with Gasteiger partial charge < -0.3 is 18.6 Å². The molecule has 1 aromatic heterocycles. The molecule has 2 aromatic carbocycles. The van der Waals surface area contributed by atoms with E-state index in [2.05, 4.69) is 0 Å². The number of aryl methyl sites for hydroxylation is 2. The molecule has 0 fully saturated rings. The van der Waals surface area contributed by atoms with E-state index in [1.165, 1.54) is 0 Å². The average molecular weight is 451 g/mol. The molecule has 0 radical (unpaired) electrons. The van der Waals surface area contributed by atoms with Gasteiger partial charge in [-0.05, 0) is 63.4 Å². The summed E-state index contributed by atoms with van der Waals surface area (Å²) in [4.78, 5) is 26.1. The average Bonchev–Trinajstić information content (AvgIpc) is 2.99. The van der Waals surface area contributed by atoms with Gasteiger partial charge in [0.15, 0.2) is 11.5 Å². The van der Waals surface area contributed by atoms with Crippen LogP contribution in [0.5, 0.6) is 17.2 Å². The summed E-state index contributed by atoms with van der Waals surface area (Å²) in [5.74, 6) is 1.89. The molecule has 0 saturated carbocycles. The summed E-state index contributed by atoms with van der Waals surface area (Å²) in [7, 11) is 0. The lowest BCUT2D eigenvalue weighted by Gasteiger charge is -2.18. The van der Waals surface area contributed by atoms with Gasteiger partial charge in [0.25, 0.3) is 0 Å². The number of rotatable bonds is 4. The number of ether oxygens (including phenoxy) is 3. The van der Waals surface area contributed by atoms with E-state index in [-0.39, 0.29) is 11.4 Å². The van der Waals surface area contributed by atoms with Crippen LogP contribution in [0.3, 0.4) is 0 Å². The van der Waals surface area contributed by atoms with E-state index in [4.69, 9.17) is 18.6 Å². The summed E-state index contributed by atoms with van der Waals surface area (Å²) in [6, 6.07) is 8.97. The molecular formula is C27H30O6. The topological polar surface area (TPSA) is 75.0 Å². The van der Waals surface area contributed by atoms with Gasteiger partial charge in [0.1, 0.15) is 17.1 Å². The van der Waals surface area contributed by atoms with Crippen molar-refractivity contribution in [3.63, 3.8) is 0 Å². The Morgan fingerprint density at radius 1 is 1.06 bits per heavy atom. The molecule has 0 aliphatic carbocycles. The highest BCUT2D eigenvalue weighted by atomic mass is 16.5. The zero-order valence-corrected chi connectivity index (χ0v) is 19.9. The Bertz CT molecular complexity index is 1260. The van der Waals surface area contributed by atoms with Gasteiger partial charge in [-0.15, -0.1) is 0 Å². The second-order valence-electron chi connectivity index (χ2n) is 9.42. The third kappa shape index (κ3) is 4.61. The third-order valence-corrected chi connectivity index (χ3v) is 5.62. The molecular weight excluding hydrogens is 420 g/mol.